The van der Waals surface area contributed by atoms with Crippen LogP contribution in [0.3, 0.4) is 0 Å². The summed E-state index contributed by atoms with van der Waals surface area (Å²) < 4.78 is 1.96. The van der Waals surface area contributed by atoms with Crippen molar-refractivity contribution in [1.29, 1.82) is 0 Å². The van der Waals surface area contributed by atoms with Crippen LogP contribution in [0, 0.1) is 13.8 Å². The van der Waals surface area contributed by atoms with E-state index in [9.17, 15) is 4.79 Å². The molecule has 1 amide bonds. The third-order valence-corrected chi connectivity index (χ3v) is 6.81. The molecule has 5 aromatic rings. The van der Waals surface area contributed by atoms with E-state index in [2.05, 4.69) is 20.5 Å². The Morgan fingerprint density at radius 3 is 2.50 bits per heavy atom. The molecule has 0 radical (unpaired) electrons. The van der Waals surface area contributed by atoms with Gasteiger partial charge in [0.15, 0.2) is 11.0 Å². The fraction of sp³-hybridized carbons (Fsp3) is 0.115. The number of aromatic amines is 1. The summed E-state index contributed by atoms with van der Waals surface area (Å²) in [6, 6.07) is 21.5. The highest BCUT2D eigenvalue weighted by Crippen LogP contribution is 2.33. The number of aromatic nitrogens is 4. The number of carbonyl (C=O) groups is 1. The smallest absolute Gasteiger partial charge is 0.234 e. The molecule has 5 rings (SSSR count). The summed E-state index contributed by atoms with van der Waals surface area (Å²) in [6.45, 7) is 3.97. The molecule has 0 aliphatic carbocycles. The summed E-state index contributed by atoms with van der Waals surface area (Å²) in [5.41, 5.74) is 5.74. The van der Waals surface area contributed by atoms with E-state index < -0.39 is 0 Å². The summed E-state index contributed by atoms with van der Waals surface area (Å²) >= 11 is 7.47. The minimum atomic E-state index is -0.0956. The van der Waals surface area contributed by atoms with Crippen molar-refractivity contribution in [3.8, 4) is 17.1 Å². The molecule has 2 N–H and O–H groups in total. The molecule has 0 unspecified atom stereocenters. The number of benzene rings is 3. The number of amides is 1. The van der Waals surface area contributed by atoms with E-state index in [1.165, 1.54) is 11.8 Å². The standard InChI is InChI=1S/C26H22ClN5OS/c1-16-6-5-7-17(2)24(16)29-23(33)15-34-26-31-30-25(32(26)19-12-10-18(27)11-13-19)21-14-28-22-9-4-3-8-20(21)22/h3-14,28H,15H2,1-2H3,(H,29,33). The predicted molar refractivity (Wildman–Crippen MR) is 139 cm³/mol. The van der Waals surface area contributed by atoms with Crippen LogP contribution in [-0.4, -0.2) is 31.4 Å². The maximum atomic E-state index is 12.8. The van der Waals surface area contributed by atoms with Crippen LogP contribution in [0.5, 0.6) is 0 Å². The molecule has 6 nitrogen and oxygen atoms in total. The fourth-order valence-electron chi connectivity index (χ4n) is 3.93. The number of nitrogens with zero attached hydrogens (tertiary/aromatic N) is 3. The van der Waals surface area contributed by atoms with Gasteiger partial charge in [-0.1, -0.05) is 59.8 Å². The van der Waals surface area contributed by atoms with E-state index in [1.54, 1.807) is 0 Å². The molecule has 8 heteroatoms. The molecule has 0 aliphatic heterocycles. The van der Waals surface area contributed by atoms with Gasteiger partial charge in [0.2, 0.25) is 5.91 Å². The second-order valence-electron chi connectivity index (χ2n) is 7.97. The van der Waals surface area contributed by atoms with E-state index >= 15 is 0 Å². The number of nitrogens with one attached hydrogen (secondary N) is 2. The first-order chi connectivity index (χ1) is 16.5. The fourth-order valence-corrected chi connectivity index (χ4v) is 4.81. The maximum absolute atomic E-state index is 12.8. The zero-order valence-electron chi connectivity index (χ0n) is 18.7. The van der Waals surface area contributed by atoms with Gasteiger partial charge in [0.1, 0.15) is 0 Å². The Kier molecular flexibility index (Phi) is 6.13. The highest BCUT2D eigenvalue weighted by atomic mass is 35.5. The number of hydrogen-bond donors (Lipinski definition) is 2. The van der Waals surface area contributed by atoms with Crippen LogP contribution in [0.2, 0.25) is 5.02 Å². The first-order valence-corrected chi connectivity index (χ1v) is 12.1. The summed E-state index contributed by atoms with van der Waals surface area (Å²) in [4.78, 5) is 16.1. The van der Waals surface area contributed by atoms with E-state index in [-0.39, 0.29) is 11.7 Å². The van der Waals surface area contributed by atoms with Crippen LogP contribution in [0.15, 0.2) is 78.1 Å². The lowest BCUT2D eigenvalue weighted by Gasteiger charge is -2.12. The molecule has 0 aliphatic rings. The normalized spacial score (nSPS) is 11.1. The molecule has 0 atom stereocenters. The Morgan fingerprint density at radius 2 is 1.74 bits per heavy atom. The molecule has 0 saturated carbocycles. The second kappa shape index (κ2) is 9.37. The van der Waals surface area contributed by atoms with E-state index in [0.717, 1.165) is 39.0 Å². The lowest BCUT2D eigenvalue weighted by Crippen LogP contribution is -2.16. The first kappa shape index (κ1) is 22.3. The van der Waals surface area contributed by atoms with Crippen molar-refractivity contribution in [2.45, 2.75) is 19.0 Å². The quantitative estimate of drug-likeness (QED) is 0.271. The molecule has 2 heterocycles. The number of aryl methyl sites for hydroxylation is 2. The van der Waals surface area contributed by atoms with Crippen LogP contribution in [0.4, 0.5) is 5.69 Å². The number of halogens is 1. The Hall–Kier alpha value is -3.55. The van der Waals surface area contributed by atoms with Crippen LogP contribution in [0.1, 0.15) is 11.1 Å². The number of anilines is 1. The maximum Gasteiger partial charge on any atom is 0.234 e. The average Bonchev–Trinajstić information content (AvgIpc) is 3.45. The molecule has 2 aromatic heterocycles. The van der Waals surface area contributed by atoms with E-state index in [1.807, 2.05) is 91.3 Å². The van der Waals surface area contributed by atoms with Gasteiger partial charge in [0.05, 0.1) is 5.75 Å². The predicted octanol–water partition coefficient (Wildman–Crippen LogP) is 6.42. The minimum absolute atomic E-state index is 0.0956. The molecular weight excluding hydrogens is 466 g/mol. The number of para-hydroxylation sites is 2. The van der Waals surface area contributed by atoms with E-state index in [0.29, 0.717) is 16.0 Å². The highest BCUT2D eigenvalue weighted by molar-refractivity contribution is 7.99. The van der Waals surface area contributed by atoms with Crippen LogP contribution >= 0.6 is 23.4 Å². The Balaban J connectivity index is 1.48. The molecule has 170 valence electrons. The molecular formula is C26H22ClN5OS. The third-order valence-electron chi connectivity index (χ3n) is 5.63. The topological polar surface area (TPSA) is 75.6 Å². The van der Waals surface area contributed by atoms with Gasteiger partial charge in [-0.3, -0.25) is 9.36 Å². The number of fused-ring (bicyclic) bond motifs is 1. The average molecular weight is 488 g/mol. The van der Waals surface area contributed by atoms with Gasteiger partial charge in [-0.15, -0.1) is 10.2 Å². The Labute approximate surface area is 206 Å². The number of carbonyl (C=O) groups excluding carboxylic acids is 1. The van der Waals surface area contributed by atoms with Crippen molar-refractivity contribution in [2.24, 2.45) is 0 Å². The van der Waals surface area contributed by atoms with Gasteiger partial charge in [-0.25, -0.2) is 0 Å². The van der Waals surface area contributed by atoms with Crippen molar-refractivity contribution in [3.05, 3.63) is 89.1 Å². The van der Waals surface area contributed by atoms with Crippen molar-refractivity contribution in [2.75, 3.05) is 11.1 Å². The molecule has 0 saturated heterocycles. The molecule has 0 spiro atoms. The van der Waals surface area contributed by atoms with Gasteiger partial charge in [0, 0.05) is 39.1 Å². The second-order valence-corrected chi connectivity index (χ2v) is 9.35. The molecule has 0 fully saturated rings. The summed E-state index contributed by atoms with van der Waals surface area (Å²) in [5, 5.41) is 14.3. The minimum Gasteiger partial charge on any atom is -0.360 e. The lowest BCUT2D eigenvalue weighted by molar-refractivity contribution is -0.113. The van der Waals surface area contributed by atoms with Crippen molar-refractivity contribution in [1.82, 2.24) is 19.7 Å². The molecule has 0 bridgehead atoms. The molecule has 34 heavy (non-hydrogen) atoms. The van der Waals surface area contributed by atoms with Gasteiger partial charge in [-0.05, 0) is 55.3 Å². The zero-order chi connectivity index (χ0) is 23.7. The summed E-state index contributed by atoms with van der Waals surface area (Å²) in [5.74, 6) is 0.798. The van der Waals surface area contributed by atoms with Crippen molar-refractivity contribution < 1.29 is 4.79 Å². The van der Waals surface area contributed by atoms with Gasteiger partial charge >= 0.3 is 0 Å². The largest absolute Gasteiger partial charge is 0.360 e. The number of rotatable bonds is 6. The SMILES string of the molecule is Cc1cccc(C)c1NC(=O)CSc1nnc(-c2c[nH]c3ccccc23)n1-c1ccc(Cl)cc1. The number of H-pyrrole nitrogens is 1. The monoisotopic (exact) mass is 487 g/mol. The van der Waals surface area contributed by atoms with Crippen molar-refractivity contribution >= 4 is 45.9 Å². The van der Waals surface area contributed by atoms with E-state index in [4.69, 9.17) is 11.6 Å². The number of thioether (sulfide) groups is 1. The summed E-state index contributed by atoms with van der Waals surface area (Å²) in [6.07, 6.45) is 1.93. The van der Waals surface area contributed by atoms with Gasteiger partial charge in [-0.2, -0.15) is 0 Å². The van der Waals surface area contributed by atoms with Crippen LogP contribution in [-0.2, 0) is 4.79 Å². The van der Waals surface area contributed by atoms with Crippen LogP contribution in [0.25, 0.3) is 28.0 Å². The van der Waals surface area contributed by atoms with Crippen LogP contribution < -0.4 is 5.32 Å². The Morgan fingerprint density at radius 1 is 1.00 bits per heavy atom. The first-order valence-electron chi connectivity index (χ1n) is 10.8. The zero-order valence-corrected chi connectivity index (χ0v) is 20.2. The van der Waals surface area contributed by atoms with Gasteiger partial charge in [0.25, 0.3) is 0 Å². The third kappa shape index (κ3) is 4.32. The number of hydrogen-bond acceptors (Lipinski definition) is 4. The Bertz CT molecular complexity index is 1470. The lowest BCUT2D eigenvalue weighted by atomic mass is 10.1. The molecule has 3 aromatic carbocycles. The highest BCUT2D eigenvalue weighted by Gasteiger charge is 2.20. The van der Waals surface area contributed by atoms with Gasteiger partial charge < -0.3 is 10.3 Å². The van der Waals surface area contributed by atoms with Crippen molar-refractivity contribution in [3.63, 3.8) is 0 Å². The summed E-state index contributed by atoms with van der Waals surface area (Å²) in [7, 11) is 0.